The van der Waals surface area contributed by atoms with Crippen molar-refractivity contribution in [1.29, 1.82) is 0 Å². The summed E-state index contributed by atoms with van der Waals surface area (Å²) in [7, 11) is 4.94. The van der Waals surface area contributed by atoms with E-state index in [9.17, 15) is 10.2 Å². The maximum Gasteiger partial charge on any atom is 0.234 e. The number of hydrogen-bond donors (Lipinski definition) is 2. The summed E-state index contributed by atoms with van der Waals surface area (Å²) in [5, 5.41) is 20.3. The van der Waals surface area contributed by atoms with Gasteiger partial charge in [-0.25, -0.2) is 0 Å². The highest BCUT2D eigenvalue weighted by Crippen LogP contribution is 2.42. The van der Waals surface area contributed by atoms with Crippen molar-refractivity contribution in [3.8, 4) is 0 Å². The van der Waals surface area contributed by atoms with E-state index >= 15 is 0 Å². The first-order valence-electron chi connectivity index (χ1n) is 5.44. The average Bonchev–Trinajstić information content (AvgIpc) is 1.98. The van der Waals surface area contributed by atoms with Crippen LogP contribution < -0.4 is 0 Å². The second kappa shape index (κ2) is 5.77. The van der Waals surface area contributed by atoms with E-state index in [1.165, 1.54) is 30.2 Å². The van der Waals surface area contributed by atoms with Gasteiger partial charge in [0.15, 0.2) is 0 Å². The Morgan fingerprint density at radius 1 is 1.40 bits per heavy atom. The highest BCUT2D eigenvalue weighted by Gasteiger charge is 2.31. The van der Waals surface area contributed by atoms with Crippen LogP contribution in [0.3, 0.4) is 0 Å². The zero-order valence-electron chi connectivity index (χ0n) is 9.64. The average molecular weight is 251 g/mol. The molecule has 0 aliphatic heterocycles. The molecule has 0 heterocycles. The van der Waals surface area contributed by atoms with Gasteiger partial charge in [0.1, 0.15) is 0 Å². The molecule has 0 unspecified atom stereocenters. The second-order valence-electron chi connectivity index (χ2n) is 4.59. The normalized spacial score (nSPS) is 18.6. The van der Waals surface area contributed by atoms with Crippen molar-refractivity contribution < 1.29 is 10.2 Å². The minimum absolute atomic E-state index is 0.275. The smallest absolute Gasteiger partial charge is 0.234 e. The monoisotopic (exact) mass is 251 g/mol. The quantitative estimate of drug-likeness (QED) is 0.431. The maximum absolute atomic E-state index is 9.80. The summed E-state index contributed by atoms with van der Waals surface area (Å²) < 4.78 is 1.55. The summed E-state index contributed by atoms with van der Waals surface area (Å²) in [6.45, 7) is 3.97. The van der Waals surface area contributed by atoms with Crippen molar-refractivity contribution in [1.82, 2.24) is 4.31 Å². The van der Waals surface area contributed by atoms with Crippen LogP contribution in [0.5, 0.6) is 0 Å². The Morgan fingerprint density at radius 3 is 2.40 bits per heavy atom. The third kappa shape index (κ3) is 4.53. The highest BCUT2D eigenvalue weighted by atomic mass is 33.1. The topological polar surface area (TPSA) is 43.7 Å². The number of aliphatic hydroxyl groups is 2. The Balaban J connectivity index is 2.26. The molecule has 15 heavy (non-hydrogen) atoms. The summed E-state index contributed by atoms with van der Waals surface area (Å²) >= 11 is 0. The van der Waals surface area contributed by atoms with Gasteiger partial charge >= 0.3 is 0 Å². The van der Waals surface area contributed by atoms with Crippen LogP contribution in [-0.4, -0.2) is 32.7 Å². The third-order valence-electron chi connectivity index (χ3n) is 2.53. The first-order valence-corrected chi connectivity index (χ1v) is 7.61. The highest BCUT2D eigenvalue weighted by molar-refractivity contribution is 8.76. The van der Waals surface area contributed by atoms with Crippen LogP contribution in [0, 0.1) is 5.92 Å². The van der Waals surface area contributed by atoms with Crippen molar-refractivity contribution in [2.45, 2.75) is 50.7 Å². The molecule has 0 saturated heterocycles. The van der Waals surface area contributed by atoms with Crippen LogP contribution in [0.4, 0.5) is 0 Å². The summed E-state index contributed by atoms with van der Waals surface area (Å²) in [5.41, 5.74) is 0. The van der Waals surface area contributed by atoms with Crippen LogP contribution in [-0.2, 0) is 0 Å². The minimum Gasteiger partial charge on any atom is -0.353 e. The van der Waals surface area contributed by atoms with Gasteiger partial charge in [0, 0.05) is 18.7 Å². The lowest BCUT2D eigenvalue weighted by Crippen LogP contribution is -2.43. The van der Waals surface area contributed by atoms with Crippen molar-refractivity contribution >= 4 is 21.8 Å². The Kier molecular flexibility index (Phi) is 5.25. The Hall–Kier alpha value is 0.580. The van der Waals surface area contributed by atoms with Crippen LogP contribution in [0.2, 0.25) is 0 Å². The van der Waals surface area contributed by atoms with E-state index in [4.69, 9.17) is 0 Å². The zero-order chi connectivity index (χ0) is 11.5. The minimum atomic E-state index is -1.68. The first-order chi connectivity index (χ1) is 6.92. The van der Waals surface area contributed by atoms with Gasteiger partial charge in [-0.05, 0) is 29.7 Å². The molecule has 2 N–H and O–H groups in total. The predicted octanol–water partition coefficient (Wildman–Crippen LogP) is 2.45. The molecule has 1 fully saturated rings. The van der Waals surface area contributed by atoms with E-state index in [-0.39, 0.29) is 5.92 Å². The molecule has 90 valence electrons. The van der Waals surface area contributed by atoms with Crippen molar-refractivity contribution in [3.05, 3.63) is 0 Å². The van der Waals surface area contributed by atoms with Gasteiger partial charge < -0.3 is 10.2 Å². The van der Waals surface area contributed by atoms with Crippen LogP contribution >= 0.6 is 21.8 Å². The zero-order valence-corrected chi connectivity index (χ0v) is 11.3. The summed E-state index contributed by atoms with van der Waals surface area (Å²) in [6, 6.07) is 0. The molecular formula is C10H21NO2S2. The van der Waals surface area contributed by atoms with Crippen molar-refractivity contribution in [3.63, 3.8) is 0 Å². The number of rotatable bonds is 6. The van der Waals surface area contributed by atoms with Gasteiger partial charge in [-0.1, -0.05) is 31.1 Å². The molecule has 0 amide bonds. The van der Waals surface area contributed by atoms with E-state index in [1.807, 2.05) is 13.8 Å². The summed E-state index contributed by atoms with van der Waals surface area (Å²) in [4.78, 5) is 0. The summed E-state index contributed by atoms with van der Waals surface area (Å²) in [5.74, 6) is -1.41. The standard InChI is InChI=1S/C10H21NO2S2/c1-8(2)7-10(12,13)11(3)15-14-9-5-4-6-9/h8-9,12-13H,4-7H2,1-3H3. The largest absolute Gasteiger partial charge is 0.353 e. The number of hydrogen-bond acceptors (Lipinski definition) is 5. The van der Waals surface area contributed by atoms with Gasteiger partial charge in [0.05, 0.1) is 0 Å². The second-order valence-corrected chi connectivity index (χ2v) is 7.17. The Labute approximate surface area is 100 Å². The molecule has 0 atom stereocenters. The first kappa shape index (κ1) is 13.6. The summed E-state index contributed by atoms with van der Waals surface area (Å²) in [6.07, 6.45) is 4.22. The van der Waals surface area contributed by atoms with Gasteiger partial charge in [-0.2, -0.15) is 4.31 Å². The molecule has 0 bridgehead atoms. The fraction of sp³-hybridized carbons (Fsp3) is 1.00. The van der Waals surface area contributed by atoms with Crippen LogP contribution in [0.25, 0.3) is 0 Å². The molecule has 5 heteroatoms. The molecule has 0 aromatic heterocycles. The van der Waals surface area contributed by atoms with Crippen molar-refractivity contribution in [2.75, 3.05) is 7.05 Å². The molecule has 1 saturated carbocycles. The fourth-order valence-electron chi connectivity index (χ4n) is 1.33. The Bertz CT molecular complexity index is 196. The van der Waals surface area contributed by atoms with E-state index in [0.717, 1.165) is 0 Å². The lowest BCUT2D eigenvalue weighted by atomic mass is 10.0. The van der Waals surface area contributed by atoms with E-state index in [2.05, 4.69) is 0 Å². The van der Waals surface area contributed by atoms with Crippen LogP contribution in [0.1, 0.15) is 39.5 Å². The lowest BCUT2D eigenvalue weighted by Gasteiger charge is -2.33. The molecular weight excluding hydrogens is 230 g/mol. The molecule has 0 aromatic carbocycles. The van der Waals surface area contributed by atoms with Crippen molar-refractivity contribution in [2.24, 2.45) is 5.92 Å². The Morgan fingerprint density at radius 2 is 2.00 bits per heavy atom. The fourth-order valence-corrected chi connectivity index (χ4v) is 3.99. The van der Waals surface area contributed by atoms with Crippen LogP contribution in [0.15, 0.2) is 0 Å². The molecule has 1 aliphatic carbocycles. The van der Waals surface area contributed by atoms with E-state index in [0.29, 0.717) is 11.7 Å². The van der Waals surface area contributed by atoms with Gasteiger partial charge in [-0.15, -0.1) is 0 Å². The molecule has 0 spiro atoms. The maximum atomic E-state index is 9.80. The van der Waals surface area contributed by atoms with Gasteiger partial charge in [0.25, 0.3) is 0 Å². The molecule has 0 aromatic rings. The van der Waals surface area contributed by atoms with Gasteiger partial charge in [0.2, 0.25) is 5.91 Å². The predicted molar refractivity (Wildman–Crippen MR) is 67.2 cm³/mol. The molecule has 0 radical (unpaired) electrons. The van der Waals surface area contributed by atoms with Gasteiger partial charge in [-0.3, -0.25) is 0 Å². The molecule has 3 nitrogen and oxygen atoms in total. The molecule has 1 aliphatic rings. The SMILES string of the molecule is CC(C)CC(O)(O)N(C)SSC1CCC1. The van der Waals surface area contributed by atoms with E-state index in [1.54, 1.807) is 22.1 Å². The molecule has 1 rings (SSSR count). The third-order valence-corrected chi connectivity index (χ3v) is 5.62. The number of nitrogens with zero attached hydrogens (tertiary/aromatic N) is 1. The van der Waals surface area contributed by atoms with E-state index < -0.39 is 5.91 Å². The lowest BCUT2D eigenvalue weighted by molar-refractivity contribution is -0.232.